The summed E-state index contributed by atoms with van der Waals surface area (Å²) in [4.78, 5) is 7.07. The summed E-state index contributed by atoms with van der Waals surface area (Å²) in [6, 6.07) is 8.90. The number of benzene rings is 1. The number of hydrogen-bond donors (Lipinski definition) is 2. The SMILES string of the molecule is CN=C(NCC(C)Oc1ccccc1Cl)NC1CCN(C2CCCC2)CC1.I. The molecule has 0 bridgehead atoms. The summed E-state index contributed by atoms with van der Waals surface area (Å²) in [5.41, 5.74) is 0. The Morgan fingerprint density at radius 1 is 1.21 bits per heavy atom. The first-order valence-corrected chi connectivity index (χ1v) is 10.7. The van der Waals surface area contributed by atoms with Crippen LogP contribution in [-0.4, -0.2) is 55.7 Å². The first kappa shape index (κ1) is 23.5. The van der Waals surface area contributed by atoms with Crippen molar-refractivity contribution in [1.82, 2.24) is 15.5 Å². The first-order chi connectivity index (χ1) is 13.2. The molecule has 1 aromatic rings. The molecular formula is C21H34ClIN4O. The Morgan fingerprint density at radius 3 is 2.54 bits per heavy atom. The van der Waals surface area contributed by atoms with Gasteiger partial charge < -0.3 is 20.3 Å². The van der Waals surface area contributed by atoms with Gasteiger partial charge in [0.25, 0.3) is 0 Å². The summed E-state index contributed by atoms with van der Waals surface area (Å²) >= 11 is 6.16. The fourth-order valence-corrected chi connectivity index (χ4v) is 4.29. The maximum atomic E-state index is 6.16. The van der Waals surface area contributed by atoms with Crippen molar-refractivity contribution in [2.75, 3.05) is 26.7 Å². The fraction of sp³-hybridized carbons (Fsp3) is 0.667. The van der Waals surface area contributed by atoms with Crippen LogP contribution in [0.15, 0.2) is 29.3 Å². The normalized spacial score (nSPS) is 20.5. The molecule has 1 atom stereocenters. The topological polar surface area (TPSA) is 48.9 Å². The molecule has 0 aromatic heterocycles. The zero-order valence-electron chi connectivity index (χ0n) is 17.0. The summed E-state index contributed by atoms with van der Waals surface area (Å²) in [5, 5.41) is 7.60. The van der Waals surface area contributed by atoms with E-state index in [4.69, 9.17) is 16.3 Å². The predicted molar refractivity (Wildman–Crippen MR) is 128 cm³/mol. The number of nitrogens with zero attached hydrogens (tertiary/aromatic N) is 2. The highest BCUT2D eigenvalue weighted by molar-refractivity contribution is 14.0. The van der Waals surface area contributed by atoms with Crippen LogP contribution in [0.25, 0.3) is 0 Å². The number of ether oxygens (including phenoxy) is 1. The van der Waals surface area contributed by atoms with Crippen molar-refractivity contribution in [3.63, 3.8) is 0 Å². The van der Waals surface area contributed by atoms with Crippen LogP contribution >= 0.6 is 35.6 Å². The van der Waals surface area contributed by atoms with E-state index in [1.165, 1.54) is 51.6 Å². The Balaban J connectivity index is 0.00000280. The molecule has 2 aliphatic rings. The molecule has 0 amide bonds. The Kier molecular flexibility index (Phi) is 10.2. The van der Waals surface area contributed by atoms with E-state index in [1.54, 1.807) is 0 Å². The molecule has 0 radical (unpaired) electrons. The molecule has 1 saturated carbocycles. The van der Waals surface area contributed by atoms with Crippen molar-refractivity contribution in [3.05, 3.63) is 29.3 Å². The lowest BCUT2D eigenvalue weighted by atomic mass is 10.0. The number of likely N-dealkylation sites (tertiary alicyclic amines) is 1. The second kappa shape index (κ2) is 12.1. The summed E-state index contributed by atoms with van der Waals surface area (Å²) in [6.07, 6.45) is 7.97. The van der Waals surface area contributed by atoms with Crippen LogP contribution in [0.4, 0.5) is 0 Å². The average molecular weight is 521 g/mol. The quantitative estimate of drug-likeness (QED) is 0.334. The van der Waals surface area contributed by atoms with Gasteiger partial charge >= 0.3 is 0 Å². The van der Waals surface area contributed by atoms with E-state index in [9.17, 15) is 0 Å². The molecule has 2 fully saturated rings. The predicted octanol–water partition coefficient (Wildman–Crippen LogP) is 4.30. The van der Waals surface area contributed by atoms with Crippen LogP contribution in [0.5, 0.6) is 5.75 Å². The van der Waals surface area contributed by atoms with Gasteiger partial charge in [0.15, 0.2) is 5.96 Å². The number of aliphatic imine (C=N–C) groups is 1. The molecule has 1 saturated heterocycles. The molecule has 3 rings (SSSR count). The maximum absolute atomic E-state index is 6.16. The first-order valence-electron chi connectivity index (χ1n) is 10.3. The third-order valence-corrected chi connectivity index (χ3v) is 5.97. The number of nitrogens with one attached hydrogen (secondary N) is 2. The van der Waals surface area contributed by atoms with E-state index in [-0.39, 0.29) is 30.1 Å². The van der Waals surface area contributed by atoms with Crippen molar-refractivity contribution in [2.24, 2.45) is 4.99 Å². The smallest absolute Gasteiger partial charge is 0.191 e. The van der Waals surface area contributed by atoms with Crippen molar-refractivity contribution >= 4 is 41.5 Å². The van der Waals surface area contributed by atoms with E-state index in [1.807, 2.05) is 38.2 Å². The lowest BCUT2D eigenvalue weighted by molar-refractivity contribution is 0.150. The van der Waals surface area contributed by atoms with Gasteiger partial charge in [-0.05, 0) is 44.7 Å². The third kappa shape index (κ3) is 6.95. The number of hydrogen-bond acceptors (Lipinski definition) is 3. The van der Waals surface area contributed by atoms with Crippen molar-refractivity contribution < 1.29 is 4.74 Å². The Morgan fingerprint density at radius 2 is 1.89 bits per heavy atom. The molecule has 158 valence electrons. The van der Waals surface area contributed by atoms with Crippen LogP contribution in [0, 0.1) is 0 Å². The zero-order chi connectivity index (χ0) is 19.1. The summed E-state index contributed by atoms with van der Waals surface area (Å²) in [5.74, 6) is 1.57. The second-order valence-electron chi connectivity index (χ2n) is 7.70. The molecule has 2 N–H and O–H groups in total. The highest BCUT2D eigenvalue weighted by Crippen LogP contribution is 2.26. The number of guanidine groups is 1. The number of halogens is 2. The lowest BCUT2D eigenvalue weighted by Crippen LogP contribution is -2.51. The minimum absolute atomic E-state index is 0. The Labute approximate surface area is 191 Å². The van der Waals surface area contributed by atoms with E-state index < -0.39 is 0 Å². The molecule has 1 aliphatic heterocycles. The largest absolute Gasteiger partial charge is 0.487 e. The van der Waals surface area contributed by atoms with Crippen LogP contribution in [0.1, 0.15) is 45.4 Å². The maximum Gasteiger partial charge on any atom is 0.191 e. The van der Waals surface area contributed by atoms with Gasteiger partial charge in [-0.1, -0.05) is 36.6 Å². The van der Waals surface area contributed by atoms with Gasteiger partial charge in [-0.15, -0.1) is 24.0 Å². The van der Waals surface area contributed by atoms with Crippen molar-refractivity contribution in [1.29, 1.82) is 0 Å². The van der Waals surface area contributed by atoms with Gasteiger partial charge in [0.2, 0.25) is 0 Å². The second-order valence-corrected chi connectivity index (χ2v) is 8.11. The average Bonchev–Trinajstić information content (AvgIpc) is 3.22. The monoisotopic (exact) mass is 520 g/mol. The van der Waals surface area contributed by atoms with Crippen molar-refractivity contribution in [2.45, 2.75) is 63.6 Å². The summed E-state index contributed by atoms with van der Waals surface area (Å²) in [6.45, 7) is 5.10. The van der Waals surface area contributed by atoms with E-state index >= 15 is 0 Å². The fourth-order valence-electron chi connectivity index (χ4n) is 4.11. The zero-order valence-corrected chi connectivity index (χ0v) is 20.1. The van der Waals surface area contributed by atoms with Gasteiger partial charge in [-0.3, -0.25) is 4.99 Å². The molecule has 1 heterocycles. The highest BCUT2D eigenvalue weighted by atomic mass is 127. The third-order valence-electron chi connectivity index (χ3n) is 5.66. The molecule has 7 heteroatoms. The van der Waals surface area contributed by atoms with Gasteiger partial charge in [0, 0.05) is 32.2 Å². The Hall–Kier alpha value is -0.730. The van der Waals surface area contributed by atoms with E-state index in [0.717, 1.165) is 17.8 Å². The van der Waals surface area contributed by atoms with Crippen LogP contribution in [-0.2, 0) is 0 Å². The van der Waals surface area contributed by atoms with E-state index in [0.29, 0.717) is 17.6 Å². The molecule has 0 spiro atoms. The molecule has 1 unspecified atom stereocenters. The van der Waals surface area contributed by atoms with Crippen LogP contribution < -0.4 is 15.4 Å². The number of piperidine rings is 1. The highest BCUT2D eigenvalue weighted by Gasteiger charge is 2.27. The van der Waals surface area contributed by atoms with E-state index in [2.05, 4.69) is 20.5 Å². The van der Waals surface area contributed by atoms with Crippen LogP contribution in [0.3, 0.4) is 0 Å². The van der Waals surface area contributed by atoms with Gasteiger partial charge in [-0.25, -0.2) is 0 Å². The number of rotatable bonds is 6. The van der Waals surface area contributed by atoms with Gasteiger partial charge in [0.1, 0.15) is 11.9 Å². The van der Waals surface area contributed by atoms with Gasteiger partial charge in [-0.2, -0.15) is 0 Å². The van der Waals surface area contributed by atoms with Gasteiger partial charge in [0.05, 0.1) is 11.6 Å². The minimum Gasteiger partial charge on any atom is -0.487 e. The molecule has 28 heavy (non-hydrogen) atoms. The standard InChI is InChI=1S/C21H33ClN4O.HI/c1-16(27-20-10-6-5-9-19(20)22)15-24-21(23-2)25-17-11-13-26(14-12-17)18-7-3-4-8-18;/h5-6,9-10,16-18H,3-4,7-8,11-15H2,1-2H3,(H2,23,24,25);1H. The molecular weight excluding hydrogens is 487 g/mol. The molecule has 1 aliphatic carbocycles. The Bertz CT molecular complexity index is 616. The molecule has 1 aromatic carbocycles. The van der Waals surface area contributed by atoms with Crippen LogP contribution in [0.2, 0.25) is 5.02 Å². The lowest BCUT2D eigenvalue weighted by Gasteiger charge is -2.36. The van der Waals surface area contributed by atoms with Crippen molar-refractivity contribution in [3.8, 4) is 5.75 Å². The minimum atomic E-state index is -0.00679. The number of para-hydroxylation sites is 1. The summed E-state index contributed by atoms with van der Waals surface area (Å²) in [7, 11) is 1.82. The summed E-state index contributed by atoms with van der Waals surface area (Å²) < 4.78 is 5.92. The molecule has 5 nitrogen and oxygen atoms in total.